The van der Waals surface area contributed by atoms with Crippen LogP contribution in [0.2, 0.25) is 0 Å². The molecule has 146 valence electrons. The molecule has 1 aromatic rings. The summed E-state index contributed by atoms with van der Waals surface area (Å²) in [5.41, 5.74) is 1.97. The molecule has 6 nitrogen and oxygen atoms in total. The third kappa shape index (κ3) is 7.06. The summed E-state index contributed by atoms with van der Waals surface area (Å²) in [7, 11) is 4.67. The first-order valence-corrected chi connectivity index (χ1v) is 8.51. The van der Waals surface area contributed by atoms with Gasteiger partial charge in [-0.05, 0) is 33.6 Å². The van der Waals surface area contributed by atoms with Crippen LogP contribution in [0, 0.1) is 5.92 Å². The van der Waals surface area contributed by atoms with Crippen molar-refractivity contribution in [2.45, 2.75) is 33.6 Å². The van der Waals surface area contributed by atoms with Crippen LogP contribution in [-0.2, 0) is 20.7 Å². The van der Waals surface area contributed by atoms with Crippen LogP contribution in [0.15, 0.2) is 23.8 Å². The summed E-state index contributed by atoms with van der Waals surface area (Å²) in [6.45, 7) is 5.82. The van der Waals surface area contributed by atoms with Gasteiger partial charge in [-0.15, -0.1) is 0 Å². The Hall–Kier alpha value is -2.05. The van der Waals surface area contributed by atoms with Crippen molar-refractivity contribution in [3.63, 3.8) is 0 Å². The second kappa shape index (κ2) is 11.5. The van der Waals surface area contributed by atoms with Crippen molar-refractivity contribution in [1.82, 2.24) is 0 Å². The maximum Gasteiger partial charge on any atom is 0.188 e. The normalized spacial score (nSPS) is 11.6. The van der Waals surface area contributed by atoms with Crippen LogP contribution in [0.25, 0.3) is 0 Å². The highest BCUT2D eigenvalue weighted by Crippen LogP contribution is 2.37. The molecule has 0 aliphatic carbocycles. The Kier molecular flexibility index (Phi) is 9.76. The summed E-state index contributed by atoms with van der Waals surface area (Å²) in [6.07, 6.45) is 3.22. The lowest BCUT2D eigenvalue weighted by atomic mass is 9.91. The van der Waals surface area contributed by atoms with E-state index in [0.29, 0.717) is 30.1 Å². The second-order valence-corrected chi connectivity index (χ2v) is 6.23. The van der Waals surface area contributed by atoms with E-state index in [1.807, 2.05) is 13.8 Å². The van der Waals surface area contributed by atoms with E-state index in [0.717, 1.165) is 5.56 Å². The maximum atomic E-state index is 12.1. The average Bonchev–Trinajstić information content (AvgIpc) is 2.61. The first-order valence-electron chi connectivity index (χ1n) is 8.51. The van der Waals surface area contributed by atoms with Gasteiger partial charge in [0.05, 0.1) is 7.11 Å². The molecule has 0 bridgehead atoms. The third-order valence-electron chi connectivity index (χ3n) is 3.88. The van der Waals surface area contributed by atoms with E-state index in [1.165, 1.54) is 5.57 Å². The summed E-state index contributed by atoms with van der Waals surface area (Å²) in [4.78, 5) is 12.1. The molecule has 0 saturated heterocycles. The molecule has 0 amide bonds. The largest absolute Gasteiger partial charge is 0.496 e. The summed E-state index contributed by atoms with van der Waals surface area (Å²) >= 11 is 0. The van der Waals surface area contributed by atoms with Crippen molar-refractivity contribution < 1.29 is 28.5 Å². The van der Waals surface area contributed by atoms with Crippen molar-refractivity contribution in [2.24, 2.45) is 5.92 Å². The van der Waals surface area contributed by atoms with E-state index < -0.39 is 0 Å². The molecule has 0 N–H and O–H groups in total. The molecule has 0 aliphatic rings. The number of hydrogen-bond acceptors (Lipinski definition) is 6. The number of allylic oxidation sites excluding steroid dienone is 2. The minimum atomic E-state index is -0.173. The lowest BCUT2D eigenvalue weighted by Crippen LogP contribution is -2.16. The first-order chi connectivity index (χ1) is 12.4. The van der Waals surface area contributed by atoms with Gasteiger partial charge in [0, 0.05) is 37.8 Å². The lowest BCUT2D eigenvalue weighted by molar-refractivity contribution is -0.120. The zero-order valence-corrected chi connectivity index (χ0v) is 16.6. The fourth-order valence-electron chi connectivity index (χ4n) is 2.43. The van der Waals surface area contributed by atoms with Crippen LogP contribution in [0.3, 0.4) is 0 Å². The zero-order valence-electron chi connectivity index (χ0n) is 16.6. The number of carbonyl (C=O) groups excluding carboxylic acids is 1. The standard InChI is InChI=1S/C20H30O6/c1-14(2)7-8-16(15(3)21)9-18-19(25-12-22-4)10-17(24-6)11-20(18)26-13-23-5/h7,10-11,16H,8-9,12-13H2,1-6H3. The van der Waals surface area contributed by atoms with Crippen molar-refractivity contribution in [1.29, 1.82) is 0 Å². The first kappa shape index (κ1) is 22.0. The van der Waals surface area contributed by atoms with Crippen LogP contribution in [0.1, 0.15) is 32.8 Å². The van der Waals surface area contributed by atoms with Gasteiger partial charge in [0.25, 0.3) is 0 Å². The number of methoxy groups -OCH3 is 3. The van der Waals surface area contributed by atoms with E-state index in [-0.39, 0.29) is 25.3 Å². The number of hydrogen-bond donors (Lipinski definition) is 0. The Balaban J connectivity index is 3.27. The minimum absolute atomic E-state index is 0.0859. The van der Waals surface area contributed by atoms with E-state index >= 15 is 0 Å². The molecule has 1 unspecified atom stereocenters. The number of ketones is 1. The molecular weight excluding hydrogens is 336 g/mol. The van der Waals surface area contributed by atoms with Gasteiger partial charge in [-0.3, -0.25) is 4.79 Å². The fourth-order valence-corrected chi connectivity index (χ4v) is 2.43. The number of carbonyl (C=O) groups is 1. The maximum absolute atomic E-state index is 12.1. The second-order valence-electron chi connectivity index (χ2n) is 6.23. The highest BCUT2D eigenvalue weighted by atomic mass is 16.7. The molecule has 0 spiro atoms. The zero-order chi connectivity index (χ0) is 19.5. The van der Waals surface area contributed by atoms with Crippen LogP contribution < -0.4 is 14.2 Å². The summed E-state index contributed by atoms with van der Waals surface area (Å²) in [5, 5.41) is 0. The van der Waals surface area contributed by atoms with Crippen LogP contribution in [0.5, 0.6) is 17.2 Å². The Morgan fingerprint density at radius 2 is 1.54 bits per heavy atom. The molecule has 0 aromatic heterocycles. The quantitative estimate of drug-likeness (QED) is 0.414. The molecule has 0 radical (unpaired) electrons. The molecule has 26 heavy (non-hydrogen) atoms. The number of Topliss-reactive ketones (excluding diaryl/α,β-unsaturated/α-hetero) is 1. The van der Waals surface area contributed by atoms with E-state index in [1.54, 1.807) is 40.4 Å². The van der Waals surface area contributed by atoms with E-state index in [4.69, 9.17) is 23.7 Å². The van der Waals surface area contributed by atoms with Gasteiger partial charge in [0.2, 0.25) is 0 Å². The van der Waals surface area contributed by atoms with Gasteiger partial charge in [-0.25, -0.2) is 0 Å². The van der Waals surface area contributed by atoms with Crippen molar-refractivity contribution in [3.05, 3.63) is 29.3 Å². The van der Waals surface area contributed by atoms with Gasteiger partial charge in [0.1, 0.15) is 23.0 Å². The van der Waals surface area contributed by atoms with Crippen LogP contribution in [0.4, 0.5) is 0 Å². The van der Waals surface area contributed by atoms with Gasteiger partial charge in [-0.1, -0.05) is 11.6 Å². The molecule has 0 heterocycles. The fraction of sp³-hybridized carbons (Fsp3) is 0.550. The summed E-state index contributed by atoms with van der Waals surface area (Å²) in [6, 6.07) is 3.54. The predicted molar refractivity (Wildman–Crippen MR) is 99.9 cm³/mol. The van der Waals surface area contributed by atoms with E-state index in [9.17, 15) is 4.79 Å². The van der Waals surface area contributed by atoms with Gasteiger partial charge in [0.15, 0.2) is 13.6 Å². The molecule has 1 aromatic carbocycles. The summed E-state index contributed by atoms with van der Waals surface area (Å²) < 4.78 is 26.8. The van der Waals surface area contributed by atoms with E-state index in [2.05, 4.69) is 6.08 Å². The molecular formula is C20H30O6. The molecule has 1 rings (SSSR count). The Labute approximate surface area is 156 Å². The number of rotatable bonds is 12. The number of benzene rings is 1. The third-order valence-corrected chi connectivity index (χ3v) is 3.88. The molecule has 0 aliphatic heterocycles. The van der Waals surface area contributed by atoms with Crippen LogP contribution >= 0.6 is 0 Å². The predicted octanol–water partition coefficient (Wildman–Crippen LogP) is 3.76. The van der Waals surface area contributed by atoms with Gasteiger partial charge >= 0.3 is 0 Å². The van der Waals surface area contributed by atoms with Gasteiger partial charge in [-0.2, -0.15) is 0 Å². The Bertz CT molecular complexity index is 575. The van der Waals surface area contributed by atoms with Crippen molar-refractivity contribution in [3.8, 4) is 17.2 Å². The minimum Gasteiger partial charge on any atom is -0.496 e. The summed E-state index contributed by atoms with van der Waals surface area (Å²) in [5.74, 6) is 1.68. The number of ether oxygens (including phenoxy) is 5. The topological polar surface area (TPSA) is 63.2 Å². The highest BCUT2D eigenvalue weighted by molar-refractivity contribution is 5.79. The monoisotopic (exact) mass is 366 g/mol. The van der Waals surface area contributed by atoms with Gasteiger partial charge < -0.3 is 23.7 Å². The smallest absolute Gasteiger partial charge is 0.188 e. The lowest BCUT2D eigenvalue weighted by Gasteiger charge is -2.20. The molecule has 6 heteroatoms. The molecule has 0 saturated carbocycles. The SMILES string of the molecule is COCOc1cc(OC)cc(OCOC)c1CC(CC=C(C)C)C(C)=O. The van der Waals surface area contributed by atoms with Crippen LogP contribution in [-0.4, -0.2) is 40.7 Å². The van der Waals surface area contributed by atoms with Crippen molar-refractivity contribution >= 4 is 5.78 Å². The highest BCUT2D eigenvalue weighted by Gasteiger charge is 2.21. The van der Waals surface area contributed by atoms with Crippen molar-refractivity contribution in [2.75, 3.05) is 34.9 Å². The average molecular weight is 366 g/mol. The Morgan fingerprint density at radius 3 is 1.92 bits per heavy atom. The molecule has 0 fully saturated rings. The molecule has 1 atom stereocenters. The Morgan fingerprint density at radius 1 is 1.00 bits per heavy atom.